The zero-order valence-electron chi connectivity index (χ0n) is 16.7. The van der Waals surface area contributed by atoms with E-state index < -0.39 is 35.9 Å². The Morgan fingerprint density at radius 3 is 2.03 bits per heavy atom. The van der Waals surface area contributed by atoms with Gasteiger partial charge in [-0.15, -0.1) is 0 Å². The van der Waals surface area contributed by atoms with Gasteiger partial charge in [0.25, 0.3) is 5.91 Å². The second-order valence-corrected chi connectivity index (χ2v) is 7.90. The topological polar surface area (TPSA) is 33.2 Å². The van der Waals surface area contributed by atoms with Gasteiger partial charge in [-0.2, -0.15) is 26.3 Å². The number of alkyl halides is 6. The summed E-state index contributed by atoms with van der Waals surface area (Å²) in [7, 11) is 1.25. The number of hydrogen-bond donors (Lipinski definition) is 0. The van der Waals surface area contributed by atoms with E-state index >= 15 is 0 Å². The van der Waals surface area contributed by atoms with Crippen LogP contribution < -0.4 is 0 Å². The molecule has 2 aromatic carbocycles. The monoisotopic (exact) mass is 506 g/mol. The first kappa shape index (κ1) is 24.9. The molecule has 1 amide bonds. The van der Waals surface area contributed by atoms with Crippen molar-refractivity contribution >= 4 is 29.1 Å². The quantitative estimate of drug-likeness (QED) is 0.273. The van der Waals surface area contributed by atoms with Crippen LogP contribution in [0.25, 0.3) is 11.1 Å². The Morgan fingerprint density at radius 2 is 1.48 bits per heavy atom. The fourth-order valence-electron chi connectivity index (χ4n) is 3.16. The minimum atomic E-state index is -4.99. The number of pyridine rings is 1. The summed E-state index contributed by atoms with van der Waals surface area (Å²) in [5.74, 6) is -0.694. The SMILES string of the molecule is CN(Cc1cc(C(F)(F)F)cc(C(F)(F)F)c1)C(=O)c1cnc(Cl)cc1-c1ccccc1Cl. The van der Waals surface area contributed by atoms with Crippen molar-refractivity contribution in [3.05, 3.63) is 87.2 Å². The number of halogens is 8. The molecular formula is C22H14Cl2F6N2O. The van der Waals surface area contributed by atoms with Crippen LogP contribution in [0.2, 0.25) is 10.2 Å². The summed E-state index contributed by atoms with van der Waals surface area (Å²) < 4.78 is 78.8. The van der Waals surface area contributed by atoms with E-state index in [0.29, 0.717) is 28.3 Å². The van der Waals surface area contributed by atoms with E-state index in [1.807, 2.05) is 0 Å². The largest absolute Gasteiger partial charge is 0.416 e. The van der Waals surface area contributed by atoms with E-state index in [1.54, 1.807) is 24.3 Å². The molecule has 0 aliphatic carbocycles. The number of benzene rings is 2. The summed E-state index contributed by atoms with van der Waals surface area (Å²) in [6.45, 7) is -0.517. The van der Waals surface area contributed by atoms with Crippen molar-refractivity contribution in [1.82, 2.24) is 9.88 Å². The Bertz CT molecular complexity index is 1160. The highest BCUT2D eigenvalue weighted by Crippen LogP contribution is 2.37. The number of hydrogen-bond acceptors (Lipinski definition) is 2. The van der Waals surface area contributed by atoms with E-state index in [4.69, 9.17) is 23.2 Å². The molecule has 0 aliphatic heterocycles. The van der Waals surface area contributed by atoms with Crippen LogP contribution in [-0.2, 0) is 18.9 Å². The fraction of sp³-hybridized carbons (Fsp3) is 0.182. The molecule has 0 fully saturated rings. The van der Waals surface area contributed by atoms with Gasteiger partial charge in [-0.25, -0.2) is 4.98 Å². The lowest BCUT2D eigenvalue weighted by molar-refractivity contribution is -0.143. The molecule has 1 heterocycles. The van der Waals surface area contributed by atoms with Crippen LogP contribution >= 0.6 is 23.2 Å². The molecule has 0 bridgehead atoms. The van der Waals surface area contributed by atoms with E-state index in [0.717, 1.165) is 4.90 Å². The van der Waals surface area contributed by atoms with Crippen LogP contribution in [-0.4, -0.2) is 22.8 Å². The van der Waals surface area contributed by atoms with Crippen molar-refractivity contribution in [3.8, 4) is 11.1 Å². The van der Waals surface area contributed by atoms with Crippen molar-refractivity contribution < 1.29 is 31.1 Å². The Labute approximate surface area is 194 Å². The van der Waals surface area contributed by atoms with Crippen molar-refractivity contribution in [2.75, 3.05) is 7.05 Å². The molecule has 0 spiro atoms. The van der Waals surface area contributed by atoms with Gasteiger partial charge in [0.1, 0.15) is 5.15 Å². The molecule has 0 atom stereocenters. The third-order valence-corrected chi connectivity index (χ3v) is 5.22. The number of carbonyl (C=O) groups excluding carboxylic acids is 1. The Morgan fingerprint density at radius 1 is 0.909 bits per heavy atom. The molecule has 3 rings (SSSR count). The predicted octanol–water partition coefficient (Wildman–Crippen LogP) is 7.37. The van der Waals surface area contributed by atoms with Gasteiger partial charge >= 0.3 is 12.4 Å². The molecule has 11 heteroatoms. The average molecular weight is 507 g/mol. The first-order valence-corrected chi connectivity index (χ1v) is 9.97. The summed E-state index contributed by atoms with van der Waals surface area (Å²) in [6, 6.07) is 9.16. The molecule has 174 valence electrons. The van der Waals surface area contributed by atoms with Crippen LogP contribution in [0.5, 0.6) is 0 Å². The van der Waals surface area contributed by atoms with Gasteiger partial charge in [0.05, 0.1) is 16.7 Å². The number of amides is 1. The highest BCUT2D eigenvalue weighted by atomic mass is 35.5. The minimum Gasteiger partial charge on any atom is -0.337 e. The van der Waals surface area contributed by atoms with Gasteiger partial charge in [-0.3, -0.25) is 4.79 Å². The Kier molecular flexibility index (Phi) is 6.95. The van der Waals surface area contributed by atoms with E-state index in [1.165, 1.54) is 19.3 Å². The number of nitrogens with zero attached hydrogens (tertiary/aromatic N) is 2. The lowest BCUT2D eigenvalue weighted by Crippen LogP contribution is -2.27. The summed E-state index contributed by atoms with van der Waals surface area (Å²) in [6.07, 6.45) is -8.81. The van der Waals surface area contributed by atoms with Crippen LogP contribution in [0.1, 0.15) is 27.0 Å². The van der Waals surface area contributed by atoms with Gasteiger partial charge in [0.15, 0.2) is 0 Å². The first-order chi connectivity index (χ1) is 15.3. The number of carbonyl (C=O) groups is 1. The number of rotatable bonds is 4. The lowest BCUT2D eigenvalue weighted by atomic mass is 10.0. The van der Waals surface area contributed by atoms with Crippen molar-refractivity contribution in [2.24, 2.45) is 0 Å². The third-order valence-electron chi connectivity index (χ3n) is 4.68. The second kappa shape index (κ2) is 9.23. The summed E-state index contributed by atoms with van der Waals surface area (Å²) in [5.41, 5.74) is -2.46. The molecule has 0 aliphatic rings. The molecule has 3 nitrogen and oxygen atoms in total. The zero-order valence-corrected chi connectivity index (χ0v) is 18.2. The fourth-order valence-corrected chi connectivity index (χ4v) is 3.56. The smallest absolute Gasteiger partial charge is 0.337 e. The van der Waals surface area contributed by atoms with Crippen LogP contribution in [0, 0.1) is 0 Å². The maximum atomic E-state index is 13.1. The van der Waals surface area contributed by atoms with E-state index in [-0.39, 0.29) is 22.3 Å². The van der Waals surface area contributed by atoms with Gasteiger partial charge in [-0.05, 0) is 35.9 Å². The normalized spacial score (nSPS) is 12.0. The maximum Gasteiger partial charge on any atom is 0.416 e. The highest BCUT2D eigenvalue weighted by molar-refractivity contribution is 6.34. The Hall–Kier alpha value is -2.78. The molecule has 0 saturated carbocycles. The van der Waals surface area contributed by atoms with Crippen LogP contribution in [0.4, 0.5) is 26.3 Å². The standard InChI is InChI=1S/C22H14Cl2F6N2O/c1-32(11-12-6-13(21(25,26)27)8-14(7-12)22(28,29)30)20(33)17-10-31-19(24)9-16(17)15-4-2-3-5-18(15)23/h2-10H,11H2,1H3. The van der Waals surface area contributed by atoms with Crippen LogP contribution in [0.3, 0.4) is 0 Å². The van der Waals surface area contributed by atoms with Gasteiger partial charge < -0.3 is 4.90 Å². The molecule has 33 heavy (non-hydrogen) atoms. The van der Waals surface area contributed by atoms with Crippen LogP contribution in [0.15, 0.2) is 54.7 Å². The van der Waals surface area contributed by atoms with Gasteiger partial charge in [-0.1, -0.05) is 41.4 Å². The second-order valence-electron chi connectivity index (χ2n) is 7.11. The summed E-state index contributed by atoms with van der Waals surface area (Å²) in [5, 5.41) is 0.376. The van der Waals surface area contributed by atoms with Gasteiger partial charge in [0.2, 0.25) is 0 Å². The van der Waals surface area contributed by atoms with Crippen molar-refractivity contribution in [3.63, 3.8) is 0 Å². The molecule has 1 aromatic heterocycles. The molecule has 3 aromatic rings. The third kappa shape index (κ3) is 5.78. The maximum absolute atomic E-state index is 13.1. The van der Waals surface area contributed by atoms with Crippen molar-refractivity contribution in [1.29, 1.82) is 0 Å². The molecular weight excluding hydrogens is 493 g/mol. The Balaban J connectivity index is 1.99. The van der Waals surface area contributed by atoms with Gasteiger partial charge in [0, 0.05) is 35.9 Å². The van der Waals surface area contributed by atoms with E-state index in [2.05, 4.69) is 4.98 Å². The molecule has 0 unspecified atom stereocenters. The zero-order chi connectivity index (χ0) is 24.6. The molecule has 0 N–H and O–H groups in total. The molecule has 0 saturated heterocycles. The van der Waals surface area contributed by atoms with E-state index in [9.17, 15) is 31.1 Å². The minimum absolute atomic E-state index is 0.0259. The summed E-state index contributed by atoms with van der Waals surface area (Å²) in [4.78, 5) is 17.9. The van der Waals surface area contributed by atoms with Crippen molar-refractivity contribution in [2.45, 2.75) is 18.9 Å². The predicted molar refractivity (Wildman–Crippen MR) is 112 cm³/mol. The first-order valence-electron chi connectivity index (χ1n) is 9.21. The number of aromatic nitrogens is 1. The highest BCUT2D eigenvalue weighted by Gasteiger charge is 2.37. The average Bonchev–Trinajstić information content (AvgIpc) is 2.72. The summed E-state index contributed by atoms with van der Waals surface area (Å²) >= 11 is 12.2. The molecule has 0 radical (unpaired) electrons. The lowest BCUT2D eigenvalue weighted by Gasteiger charge is -2.21.